The molecule has 2 N–H and O–H groups in total. The van der Waals surface area contributed by atoms with E-state index in [-0.39, 0.29) is 11.5 Å². The van der Waals surface area contributed by atoms with Gasteiger partial charge in [-0.1, -0.05) is 12.1 Å². The minimum absolute atomic E-state index is 0.0893. The van der Waals surface area contributed by atoms with E-state index in [4.69, 9.17) is 5.73 Å². The smallest absolute Gasteiger partial charge is 0.148 e. The van der Waals surface area contributed by atoms with E-state index in [9.17, 15) is 12.6 Å². The van der Waals surface area contributed by atoms with Crippen LogP contribution in [0.5, 0.6) is 0 Å². The number of nitrogen functional groups attached to an aromatic ring is 1. The number of benzene rings is 1. The van der Waals surface area contributed by atoms with Crippen molar-refractivity contribution in [3.63, 3.8) is 0 Å². The second kappa shape index (κ2) is 4.76. The van der Waals surface area contributed by atoms with E-state index in [1.165, 1.54) is 0 Å². The van der Waals surface area contributed by atoms with Crippen LogP contribution in [-0.2, 0) is 20.6 Å². The molecular formula is C9H13NO3S2. The number of hydrogen-bond donors (Lipinski definition) is 1. The van der Waals surface area contributed by atoms with Crippen LogP contribution in [0.25, 0.3) is 0 Å². The summed E-state index contributed by atoms with van der Waals surface area (Å²) in [7, 11) is -4.42. The first-order valence-corrected chi connectivity index (χ1v) is 7.69. The van der Waals surface area contributed by atoms with Gasteiger partial charge in [-0.15, -0.1) is 0 Å². The molecule has 0 heterocycles. The summed E-state index contributed by atoms with van der Waals surface area (Å²) in [6, 6.07) is 6.76. The summed E-state index contributed by atoms with van der Waals surface area (Å²) in [6.45, 7) is 0. The maximum atomic E-state index is 11.7. The molecule has 0 fully saturated rings. The largest absolute Gasteiger partial charge is 0.398 e. The van der Waals surface area contributed by atoms with Crippen LogP contribution >= 0.6 is 0 Å². The lowest BCUT2D eigenvalue weighted by molar-refractivity contribution is 0.602. The van der Waals surface area contributed by atoms with Crippen molar-refractivity contribution in [3.05, 3.63) is 24.3 Å². The molecule has 0 saturated heterocycles. The quantitative estimate of drug-likeness (QED) is 0.782. The fraction of sp³-hybridized carbons (Fsp3) is 0.333. The molecule has 1 rings (SSSR count). The molecule has 0 spiro atoms. The fourth-order valence-electron chi connectivity index (χ4n) is 1.02. The van der Waals surface area contributed by atoms with Crippen LogP contribution in [-0.4, -0.2) is 30.4 Å². The van der Waals surface area contributed by atoms with Crippen LogP contribution in [0.3, 0.4) is 0 Å². The maximum absolute atomic E-state index is 11.7. The molecule has 1 unspecified atom stereocenters. The van der Waals surface area contributed by atoms with Crippen molar-refractivity contribution in [3.8, 4) is 0 Å². The third-order valence-electron chi connectivity index (χ3n) is 1.80. The normalized spacial score (nSPS) is 13.7. The second-order valence-corrected chi connectivity index (χ2v) is 7.02. The molecule has 4 nitrogen and oxygen atoms in total. The van der Waals surface area contributed by atoms with Crippen molar-refractivity contribution in [2.24, 2.45) is 0 Å². The second-order valence-electron chi connectivity index (χ2n) is 3.22. The van der Waals surface area contributed by atoms with E-state index < -0.39 is 20.6 Å². The summed E-state index contributed by atoms with van der Waals surface area (Å²) in [6.07, 6.45) is 1.12. The van der Waals surface area contributed by atoms with Crippen LogP contribution in [0.15, 0.2) is 29.2 Å². The lowest BCUT2D eigenvalue weighted by Crippen LogP contribution is -2.12. The minimum Gasteiger partial charge on any atom is -0.398 e. The van der Waals surface area contributed by atoms with Crippen LogP contribution in [0.4, 0.5) is 5.69 Å². The Morgan fingerprint density at radius 3 is 2.47 bits per heavy atom. The van der Waals surface area contributed by atoms with Gasteiger partial charge in [-0.2, -0.15) is 0 Å². The summed E-state index contributed by atoms with van der Waals surface area (Å²) >= 11 is 0. The first-order chi connectivity index (χ1) is 6.90. The number of hydrogen-bond acceptors (Lipinski definition) is 4. The predicted molar refractivity (Wildman–Crippen MR) is 61.8 cm³/mol. The van der Waals surface area contributed by atoms with E-state index >= 15 is 0 Å². The van der Waals surface area contributed by atoms with Gasteiger partial charge in [0.2, 0.25) is 0 Å². The van der Waals surface area contributed by atoms with Gasteiger partial charge in [0.25, 0.3) is 0 Å². The Labute approximate surface area is 91.9 Å². The van der Waals surface area contributed by atoms with Crippen LogP contribution in [0.1, 0.15) is 0 Å². The SMILES string of the molecule is CS(=O)(=O)CCS(=O)c1ccccc1N. The van der Waals surface area contributed by atoms with Crippen molar-refractivity contribution >= 4 is 26.3 Å². The van der Waals surface area contributed by atoms with Gasteiger partial charge in [-0.25, -0.2) is 8.42 Å². The molecule has 6 heteroatoms. The number of anilines is 1. The lowest BCUT2D eigenvalue weighted by atomic mass is 10.3. The fourth-order valence-corrected chi connectivity index (χ4v) is 3.62. The first kappa shape index (κ1) is 12.2. The Morgan fingerprint density at radius 2 is 1.93 bits per heavy atom. The number of sulfone groups is 1. The Kier molecular flexibility index (Phi) is 3.87. The highest BCUT2D eigenvalue weighted by atomic mass is 32.2. The molecule has 0 aromatic heterocycles. The lowest BCUT2D eigenvalue weighted by Gasteiger charge is -2.04. The maximum Gasteiger partial charge on any atom is 0.148 e. The average Bonchev–Trinajstić information content (AvgIpc) is 2.14. The van der Waals surface area contributed by atoms with Gasteiger partial charge in [0.05, 0.1) is 21.4 Å². The molecule has 0 radical (unpaired) electrons. The summed E-state index contributed by atoms with van der Waals surface area (Å²) < 4.78 is 33.5. The predicted octanol–water partition coefficient (Wildman–Crippen LogP) is 0.421. The zero-order valence-corrected chi connectivity index (χ0v) is 9.98. The van der Waals surface area contributed by atoms with Crippen molar-refractivity contribution in [1.29, 1.82) is 0 Å². The molecule has 0 bridgehead atoms. The molecular weight excluding hydrogens is 234 g/mol. The molecule has 0 aliphatic carbocycles. The Hall–Kier alpha value is -0.880. The monoisotopic (exact) mass is 247 g/mol. The van der Waals surface area contributed by atoms with E-state index in [2.05, 4.69) is 0 Å². The van der Waals surface area contributed by atoms with Crippen molar-refractivity contribution < 1.29 is 12.6 Å². The third-order valence-corrected chi connectivity index (χ3v) is 4.45. The van der Waals surface area contributed by atoms with Crippen LogP contribution in [0.2, 0.25) is 0 Å². The number of nitrogens with two attached hydrogens (primary N) is 1. The molecule has 0 aliphatic heterocycles. The van der Waals surface area contributed by atoms with Crippen molar-refractivity contribution in [1.82, 2.24) is 0 Å². The summed E-state index contributed by atoms with van der Waals surface area (Å²) in [5, 5.41) is 0. The highest BCUT2D eigenvalue weighted by molar-refractivity contribution is 7.92. The van der Waals surface area contributed by atoms with Crippen molar-refractivity contribution in [2.75, 3.05) is 23.5 Å². The van der Waals surface area contributed by atoms with Gasteiger partial charge in [0.15, 0.2) is 0 Å². The zero-order valence-electron chi connectivity index (χ0n) is 8.34. The van der Waals surface area contributed by atoms with E-state index in [0.717, 1.165) is 6.26 Å². The first-order valence-electron chi connectivity index (χ1n) is 4.31. The molecule has 0 aliphatic rings. The topological polar surface area (TPSA) is 77.2 Å². The Morgan fingerprint density at radius 1 is 1.33 bits per heavy atom. The number of rotatable bonds is 4. The summed E-state index contributed by atoms with van der Waals surface area (Å²) in [5.74, 6) is 0.000984. The molecule has 1 atom stereocenters. The summed E-state index contributed by atoms with van der Waals surface area (Å²) in [4.78, 5) is 0.501. The Bertz CT molecular complexity index is 468. The minimum atomic E-state index is -3.07. The average molecular weight is 247 g/mol. The van der Waals surface area contributed by atoms with E-state index in [1.807, 2.05) is 0 Å². The van der Waals surface area contributed by atoms with Gasteiger partial charge in [-0.05, 0) is 12.1 Å². The molecule has 1 aromatic rings. The highest BCUT2D eigenvalue weighted by Crippen LogP contribution is 2.15. The molecule has 0 amide bonds. The van der Waals surface area contributed by atoms with Crippen LogP contribution in [0, 0.1) is 0 Å². The Balaban J connectivity index is 2.75. The van der Waals surface area contributed by atoms with Gasteiger partial charge in [0, 0.05) is 17.7 Å². The van der Waals surface area contributed by atoms with Crippen LogP contribution < -0.4 is 5.73 Å². The van der Waals surface area contributed by atoms with Gasteiger partial charge >= 0.3 is 0 Å². The standard InChI is InChI=1S/C9H13NO3S2/c1-15(12,13)7-6-14(11)9-5-3-2-4-8(9)10/h2-5H,6-7,10H2,1H3. The molecule has 15 heavy (non-hydrogen) atoms. The summed E-state index contributed by atoms with van der Waals surface area (Å²) in [5.41, 5.74) is 6.05. The van der Waals surface area contributed by atoms with E-state index in [1.54, 1.807) is 24.3 Å². The molecule has 1 aromatic carbocycles. The molecule has 0 saturated carbocycles. The van der Waals surface area contributed by atoms with Gasteiger partial charge in [0.1, 0.15) is 9.84 Å². The van der Waals surface area contributed by atoms with Gasteiger partial charge in [-0.3, -0.25) is 4.21 Å². The zero-order chi connectivity index (χ0) is 11.5. The number of para-hydroxylation sites is 1. The van der Waals surface area contributed by atoms with Crippen molar-refractivity contribution in [2.45, 2.75) is 4.90 Å². The third kappa shape index (κ3) is 4.01. The highest BCUT2D eigenvalue weighted by Gasteiger charge is 2.10. The van der Waals surface area contributed by atoms with Gasteiger partial charge < -0.3 is 5.73 Å². The molecule has 84 valence electrons. The van der Waals surface area contributed by atoms with E-state index in [0.29, 0.717) is 10.6 Å².